The van der Waals surface area contributed by atoms with Crippen molar-refractivity contribution in [2.45, 2.75) is 39.4 Å². The van der Waals surface area contributed by atoms with Crippen molar-refractivity contribution in [2.75, 3.05) is 27.2 Å². The van der Waals surface area contributed by atoms with Crippen LogP contribution >= 0.6 is 24.0 Å². The molecule has 8 heteroatoms. The number of halogens is 1. The van der Waals surface area contributed by atoms with E-state index in [2.05, 4.69) is 28.8 Å². The summed E-state index contributed by atoms with van der Waals surface area (Å²) in [7, 11) is 3.50. The molecule has 0 unspecified atom stereocenters. The second kappa shape index (κ2) is 13.2. The Hall–Kier alpha value is -2.62. The molecule has 0 radical (unpaired) electrons. The predicted octanol–water partition coefficient (Wildman–Crippen LogP) is 3.38. The molecule has 2 aromatic rings. The molecule has 1 heterocycles. The largest absolute Gasteiger partial charge is 0.357 e. The number of carbonyl (C=O) groups is 2. The zero-order valence-corrected chi connectivity index (χ0v) is 22.0. The third-order valence-corrected chi connectivity index (χ3v) is 5.37. The lowest BCUT2D eigenvalue weighted by atomic mass is 10.1. The van der Waals surface area contributed by atoms with E-state index >= 15 is 0 Å². The Bertz CT molecular complexity index is 960. The Morgan fingerprint density at radius 3 is 2.42 bits per heavy atom. The van der Waals surface area contributed by atoms with Crippen molar-refractivity contribution in [1.82, 2.24) is 20.4 Å². The fourth-order valence-electron chi connectivity index (χ4n) is 3.64. The summed E-state index contributed by atoms with van der Waals surface area (Å²) in [5.74, 6) is 0.975. The fourth-order valence-corrected chi connectivity index (χ4v) is 3.64. The standard InChI is InChI=1S/C25H33N5O2.HI/c1-4-26-25(27-16-19-10-12-22(13-11-19)24(32)29(2)3)28-17-20-7-5-8-21(15-20)18-30-14-6-9-23(30)31;/h5,7-8,10-13,15H,4,6,9,14,16-18H2,1-3H3,(H2,26,27,28);1H. The van der Waals surface area contributed by atoms with Crippen LogP contribution in [-0.2, 0) is 24.4 Å². The minimum atomic E-state index is -0.00395. The number of carbonyl (C=O) groups excluding carboxylic acids is 2. The highest BCUT2D eigenvalue weighted by atomic mass is 127. The SMILES string of the molecule is CCNC(=NCc1cccc(CN2CCCC2=O)c1)NCc1ccc(C(=O)N(C)C)cc1.I. The molecule has 33 heavy (non-hydrogen) atoms. The predicted molar refractivity (Wildman–Crippen MR) is 143 cm³/mol. The minimum absolute atomic E-state index is 0. The number of aliphatic imine (C=N–C) groups is 1. The van der Waals surface area contributed by atoms with Crippen LogP contribution in [0.5, 0.6) is 0 Å². The molecule has 2 aromatic carbocycles. The summed E-state index contributed by atoms with van der Waals surface area (Å²) in [6.45, 7) is 5.47. The van der Waals surface area contributed by atoms with Gasteiger partial charge in [-0.25, -0.2) is 4.99 Å². The van der Waals surface area contributed by atoms with Gasteiger partial charge < -0.3 is 20.4 Å². The molecule has 178 valence electrons. The maximum atomic E-state index is 12.0. The van der Waals surface area contributed by atoms with Crippen molar-refractivity contribution in [3.63, 3.8) is 0 Å². The van der Waals surface area contributed by atoms with Gasteiger partial charge in [0.25, 0.3) is 5.91 Å². The van der Waals surface area contributed by atoms with E-state index in [1.807, 2.05) is 42.2 Å². The van der Waals surface area contributed by atoms with Crippen molar-refractivity contribution in [3.05, 3.63) is 70.8 Å². The normalized spacial score (nSPS) is 13.5. The Morgan fingerprint density at radius 1 is 1.06 bits per heavy atom. The number of rotatable bonds is 8. The number of hydrogen-bond acceptors (Lipinski definition) is 3. The second-order valence-electron chi connectivity index (χ2n) is 8.18. The van der Waals surface area contributed by atoms with Crippen LogP contribution in [0.15, 0.2) is 53.5 Å². The first-order chi connectivity index (χ1) is 15.5. The average molecular weight is 563 g/mol. The van der Waals surface area contributed by atoms with Crippen LogP contribution in [0.3, 0.4) is 0 Å². The van der Waals surface area contributed by atoms with Crippen LogP contribution in [0.4, 0.5) is 0 Å². The Kier molecular flexibility index (Phi) is 10.6. The molecule has 3 rings (SSSR count). The highest BCUT2D eigenvalue weighted by Gasteiger charge is 2.19. The summed E-state index contributed by atoms with van der Waals surface area (Å²) in [5.41, 5.74) is 3.99. The van der Waals surface area contributed by atoms with Gasteiger partial charge in [-0.15, -0.1) is 24.0 Å². The Morgan fingerprint density at radius 2 is 1.79 bits per heavy atom. The zero-order valence-electron chi connectivity index (χ0n) is 19.6. The number of nitrogens with one attached hydrogen (secondary N) is 2. The van der Waals surface area contributed by atoms with Gasteiger partial charge in [0.1, 0.15) is 0 Å². The van der Waals surface area contributed by atoms with Gasteiger partial charge in [-0.2, -0.15) is 0 Å². The molecule has 0 aliphatic carbocycles. The van der Waals surface area contributed by atoms with E-state index in [0.29, 0.717) is 31.6 Å². The van der Waals surface area contributed by atoms with Crippen molar-refractivity contribution >= 4 is 41.8 Å². The maximum Gasteiger partial charge on any atom is 0.253 e. The quantitative estimate of drug-likeness (QED) is 0.294. The highest BCUT2D eigenvalue weighted by Crippen LogP contribution is 2.15. The first-order valence-electron chi connectivity index (χ1n) is 11.1. The molecule has 1 aliphatic rings. The van der Waals surface area contributed by atoms with Crippen molar-refractivity contribution < 1.29 is 9.59 Å². The van der Waals surface area contributed by atoms with Crippen LogP contribution in [0, 0.1) is 0 Å². The number of benzene rings is 2. The van der Waals surface area contributed by atoms with E-state index in [-0.39, 0.29) is 35.8 Å². The molecule has 0 aromatic heterocycles. The third kappa shape index (κ3) is 8.03. The molecule has 1 fully saturated rings. The molecule has 1 aliphatic heterocycles. The maximum absolute atomic E-state index is 12.0. The van der Waals surface area contributed by atoms with Crippen LogP contribution in [0.2, 0.25) is 0 Å². The molecule has 2 amide bonds. The molecule has 2 N–H and O–H groups in total. The van der Waals surface area contributed by atoms with Gasteiger partial charge >= 0.3 is 0 Å². The number of nitrogens with zero attached hydrogens (tertiary/aromatic N) is 3. The lowest BCUT2D eigenvalue weighted by molar-refractivity contribution is -0.128. The first kappa shape index (κ1) is 26.6. The Balaban J connectivity index is 0.00000385. The fraction of sp³-hybridized carbons (Fsp3) is 0.400. The van der Waals surface area contributed by atoms with Crippen LogP contribution < -0.4 is 10.6 Å². The van der Waals surface area contributed by atoms with Gasteiger partial charge in [0.2, 0.25) is 5.91 Å². The monoisotopic (exact) mass is 563 g/mol. The Labute approximate surface area is 213 Å². The minimum Gasteiger partial charge on any atom is -0.357 e. The zero-order chi connectivity index (χ0) is 22.9. The smallest absolute Gasteiger partial charge is 0.253 e. The summed E-state index contributed by atoms with van der Waals surface area (Å²) >= 11 is 0. The third-order valence-electron chi connectivity index (χ3n) is 5.37. The van der Waals surface area contributed by atoms with Gasteiger partial charge in [0, 0.05) is 52.3 Å². The molecule has 0 bridgehead atoms. The molecule has 0 saturated carbocycles. The van der Waals surface area contributed by atoms with Gasteiger partial charge in [-0.3, -0.25) is 9.59 Å². The van der Waals surface area contributed by atoms with Crippen molar-refractivity contribution in [2.24, 2.45) is 4.99 Å². The van der Waals surface area contributed by atoms with Crippen LogP contribution in [0.25, 0.3) is 0 Å². The topological polar surface area (TPSA) is 77.0 Å². The van der Waals surface area contributed by atoms with Gasteiger partial charge in [0.15, 0.2) is 5.96 Å². The number of guanidine groups is 1. The van der Waals surface area contributed by atoms with Crippen molar-refractivity contribution in [3.8, 4) is 0 Å². The number of amides is 2. The summed E-state index contributed by atoms with van der Waals surface area (Å²) in [6.07, 6.45) is 1.62. The summed E-state index contributed by atoms with van der Waals surface area (Å²) in [6, 6.07) is 15.9. The molecule has 1 saturated heterocycles. The average Bonchev–Trinajstić information content (AvgIpc) is 3.20. The lowest BCUT2D eigenvalue weighted by Crippen LogP contribution is -2.36. The van der Waals surface area contributed by atoms with E-state index < -0.39 is 0 Å². The van der Waals surface area contributed by atoms with E-state index in [4.69, 9.17) is 4.99 Å². The molecule has 0 spiro atoms. The lowest BCUT2D eigenvalue weighted by Gasteiger charge is -2.16. The van der Waals surface area contributed by atoms with Crippen molar-refractivity contribution in [1.29, 1.82) is 0 Å². The van der Waals surface area contributed by atoms with Gasteiger partial charge in [-0.1, -0.05) is 36.4 Å². The first-order valence-corrected chi connectivity index (χ1v) is 11.1. The van der Waals surface area contributed by atoms with E-state index in [9.17, 15) is 9.59 Å². The number of likely N-dealkylation sites (tertiary alicyclic amines) is 1. The highest BCUT2D eigenvalue weighted by molar-refractivity contribution is 14.0. The van der Waals surface area contributed by atoms with Gasteiger partial charge in [0.05, 0.1) is 6.54 Å². The second-order valence-corrected chi connectivity index (χ2v) is 8.18. The summed E-state index contributed by atoms with van der Waals surface area (Å²) in [4.78, 5) is 32.1. The molecular weight excluding hydrogens is 529 g/mol. The van der Waals surface area contributed by atoms with Crippen LogP contribution in [-0.4, -0.2) is 54.8 Å². The number of hydrogen-bond donors (Lipinski definition) is 2. The van der Waals surface area contributed by atoms with Crippen LogP contribution in [0.1, 0.15) is 46.8 Å². The van der Waals surface area contributed by atoms with E-state index in [0.717, 1.165) is 42.2 Å². The summed E-state index contributed by atoms with van der Waals surface area (Å²) < 4.78 is 0. The molecule has 7 nitrogen and oxygen atoms in total. The van der Waals surface area contributed by atoms with E-state index in [1.165, 1.54) is 0 Å². The van der Waals surface area contributed by atoms with E-state index in [1.54, 1.807) is 19.0 Å². The summed E-state index contributed by atoms with van der Waals surface area (Å²) in [5, 5.41) is 6.62. The molecule has 0 atom stereocenters. The molecular formula is C25H34IN5O2. The van der Waals surface area contributed by atoms with Gasteiger partial charge in [-0.05, 0) is 42.2 Å².